The van der Waals surface area contributed by atoms with Crippen LogP contribution in [0.15, 0.2) is 41.1 Å². The van der Waals surface area contributed by atoms with Gasteiger partial charge in [-0.1, -0.05) is 12.1 Å². The lowest BCUT2D eigenvalue weighted by Crippen LogP contribution is -2.27. The third-order valence-electron chi connectivity index (χ3n) is 4.46. The van der Waals surface area contributed by atoms with Crippen LogP contribution in [-0.4, -0.2) is 42.0 Å². The Morgan fingerprint density at radius 1 is 1.25 bits per heavy atom. The second-order valence-corrected chi connectivity index (χ2v) is 6.57. The Labute approximate surface area is 161 Å². The van der Waals surface area contributed by atoms with Gasteiger partial charge in [-0.3, -0.25) is 9.48 Å². The molecular weight excluding hydrogens is 358 g/mol. The minimum Gasteiger partial charge on any atom is -0.419 e. The molecule has 1 amide bonds. The van der Waals surface area contributed by atoms with Crippen LogP contribution in [0.3, 0.4) is 0 Å². The average Bonchev–Trinajstić information content (AvgIpc) is 3.39. The van der Waals surface area contributed by atoms with Crippen LogP contribution in [-0.2, 0) is 24.8 Å². The molecule has 0 saturated heterocycles. The second kappa shape index (κ2) is 7.63. The highest BCUT2D eigenvalue weighted by Gasteiger charge is 2.14. The Kier molecular flexibility index (Phi) is 4.88. The predicted octanol–water partition coefficient (Wildman–Crippen LogP) is 1.88. The summed E-state index contributed by atoms with van der Waals surface area (Å²) in [6, 6.07) is 9.80. The molecule has 144 valence electrons. The molecule has 0 radical (unpaired) electrons. The summed E-state index contributed by atoms with van der Waals surface area (Å²) >= 11 is 0. The third kappa shape index (κ3) is 3.78. The summed E-state index contributed by atoms with van der Waals surface area (Å²) in [5.41, 5.74) is 3.64. The lowest BCUT2D eigenvalue weighted by atomic mass is 10.3. The van der Waals surface area contributed by atoms with Gasteiger partial charge >= 0.3 is 0 Å². The molecule has 28 heavy (non-hydrogen) atoms. The second-order valence-electron chi connectivity index (χ2n) is 6.57. The molecule has 4 rings (SSSR count). The van der Waals surface area contributed by atoms with E-state index in [0.717, 1.165) is 22.4 Å². The fraction of sp³-hybridized carbons (Fsp3) is 0.316. The van der Waals surface area contributed by atoms with Crippen molar-refractivity contribution >= 4 is 16.9 Å². The molecule has 0 aliphatic heterocycles. The maximum atomic E-state index is 12.1. The van der Waals surface area contributed by atoms with Crippen LogP contribution in [0, 0.1) is 6.92 Å². The number of aromatic nitrogens is 6. The van der Waals surface area contributed by atoms with E-state index < -0.39 is 0 Å². The quantitative estimate of drug-likeness (QED) is 0.526. The van der Waals surface area contributed by atoms with E-state index in [1.807, 2.05) is 48.9 Å². The molecule has 3 aromatic heterocycles. The first-order valence-corrected chi connectivity index (χ1v) is 9.10. The topological polar surface area (TPSA) is 104 Å². The van der Waals surface area contributed by atoms with Crippen molar-refractivity contribution in [3.05, 3.63) is 48.2 Å². The molecule has 0 spiro atoms. The van der Waals surface area contributed by atoms with Crippen molar-refractivity contribution in [2.24, 2.45) is 7.05 Å². The zero-order valence-electron chi connectivity index (χ0n) is 15.8. The average molecular weight is 379 g/mol. The molecule has 0 fully saturated rings. The molecule has 9 heteroatoms. The fourth-order valence-corrected chi connectivity index (χ4v) is 3.08. The van der Waals surface area contributed by atoms with Crippen molar-refractivity contribution in [3.63, 3.8) is 0 Å². The molecule has 4 aromatic rings. The first-order valence-electron chi connectivity index (χ1n) is 9.10. The molecule has 0 atom stereocenters. The van der Waals surface area contributed by atoms with E-state index >= 15 is 0 Å². The van der Waals surface area contributed by atoms with Crippen molar-refractivity contribution in [1.82, 2.24) is 34.8 Å². The molecule has 3 heterocycles. The first kappa shape index (κ1) is 17.9. The van der Waals surface area contributed by atoms with E-state index in [2.05, 4.69) is 25.6 Å². The number of hydrogen-bond donors (Lipinski definition) is 1. The van der Waals surface area contributed by atoms with E-state index in [0.29, 0.717) is 31.3 Å². The number of hydrogen-bond acceptors (Lipinski definition) is 6. The highest BCUT2D eigenvalue weighted by atomic mass is 16.4. The Hall–Kier alpha value is -3.49. The number of fused-ring (bicyclic) bond motifs is 1. The highest BCUT2D eigenvalue weighted by molar-refractivity contribution is 5.76. The van der Waals surface area contributed by atoms with Gasteiger partial charge in [0.1, 0.15) is 5.69 Å². The molecule has 0 bridgehead atoms. The van der Waals surface area contributed by atoms with Gasteiger partial charge in [0.2, 0.25) is 11.8 Å². The van der Waals surface area contributed by atoms with Gasteiger partial charge in [-0.05, 0) is 25.1 Å². The van der Waals surface area contributed by atoms with Gasteiger partial charge < -0.3 is 14.3 Å². The normalized spacial score (nSPS) is 11.2. The summed E-state index contributed by atoms with van der Waals surface area (Å²) < 4.78 is 9.37. The Morgan fingerprint density at radius 2 is 2.11 bits per heavy atom. The maximum Gasteiger partial charge on any atom is 0.265 e. The zero-order chi connectivity index (χ0) is 19.5. The van der Waals surface area contributed by atoms with Crippen LogP contribution in [0.4, 0.5) is 0 Å². The molecule has 1 N–H and O–H groups in total. The van der Waals surface area contributed by atoms with Gasteiger partial charge in [0.05, 0.1) is 23.1 Å². The van der Waals surface area contributed by atoms with Crippen molar-refractivity contribution in [3.8, 4) is 11.6 Å². The van der Waals surface area contributed by atoms with E-state index in [4.69, 9.17) is 4.42 Å². The number of nitrogens with zero attached hydrogens (tertiary/aromatic N) is 6. The lowest BCUT2D eigenvalue weighted by Gasteiger charge is -2.06. The number of amides is 1. The minimum absolute atomic E-state index is 0.0550. The van der Waals surface area contributed by atoms with Crippen LogP contribution >= 0.6 is 0 Å². The van der Waals surface area contributed by atoms with Crippen molar-refractivity contribution in [2.75, 3.05) is 6.54 Å². The van der Waals surface area contributed by atoms with Crippen molar-refractivity contribution in [1.29, 1.82) is 0 Å². The first-order chi connectivity index (χ1) is 13.6. The third-order valence-corrected chi connectivity index (χ3v) is 4.46. The Balaban J connectivity index is 1.26. The maximum absolute atomic E-state index is 12.1. The number of carbonyl (C=O) groups is 1. The summed E-state index contributed by atoms with van der Waals surface area (Å²) in [6.07, 6.45) is 2.47. The van der Waals surface area contributed by atoms with Gasteiger partial charge in [0.15, 0.2) is 0 Å². The number of para-hydroxylation sites is 2. The smallest absolute Gasteiger partial charge is 0.265 e. The zero-order valence-corrected chi connectivity index (χ0v) is 15.8. The van der Waals surface area contributed by atoms with Crippen LogP contribution < -0.4 is 5.32 Å². The van der Waals surface area contributed by atoms with Gasteiger partial charge in [-0.2, -0.15) is 5.10 Å². The highest BCUT2D eigenvalue weighted by Crippen LogP contribution is 2.18. The largest absolute Gasteiger partial charge is 0.419 e. The van der Waals surface area contributed by atoms with Crippen molar-refractivity contribution < 1.29 is 9.21 Å². The predicted molar refractivity (Wildman–Crippen MR) is 102 cm³/mol. The van der Waals surface area contributed by atoms with Gasteiger partial charge in [-0.15, -0.1) is 10.2 Å². The van der Waals surface area contributed by atoms with E-state index in [9.17, 15) is 4.79 Å². The lowest BCUT2D eigenvalue weighted by molar-refractivity contribution is -0.121. The number of nitrogens with one attached hydrogen (secondary N) is 1. The van der Waals surface area contributed by atoms with Crippen molar-refractivity contribution in [2.45, 2.75) is 26.3 Å². The summed E-state index contributed by atoms with van der Waals surface area (Å²) in [5.74, 6) is 0.788. The number of carbonyl (C=O) groups excluding carboxylic acids is 1. The van der Waals surface area contributed by atoms with Gasteiger partial charge in [-0.25, -0.2) is 4.98 Å². The van der Waals surface area contributed by atoms with Crippen LogP contribution in [0.2, 0.25) is 0 Å². The number of imidazole rings is 1. The Bertz CT molecular complexity index is 1110. The van der Waals surface area contributed by atoms with E-state index in [1.54, 1.807) is 11.0 Å². The van der Waals surface area contributed by atoms with Crippen LogP contribution in [0.5, 0.6) is 0 Å². The number of rotatable bonds is 7. The Morgan fingerprint density at radius 3 is 2.93 bits per heavy atom. The summed E-state index contributed by atoms with van der Waals surface area (Å²) in [7, 11) is 1.82. The molecular formula is C19H21N7O2. The SMILES string of the molecule is Cc1cc(-c2nnc(CCC(=O)NCCn3cnc4ccccc43)o2)n(C)n1. The molecule has 1 aromatic carbocycles. The number of aryl methyl sites for hydroxylation is 3. The molecule has 0 aliphatic carbocycles. The fourth-order valence-electron chi connectivity index (χ4n) is 3.08. The molecule has 0 unspecified atom stereocenters. The summed E-state index contributed by atoms with van der Waals surface area (Å²) in [4.78, 5) is 16.4. The number of benzene rings is 1. The summed E-state index contributed by atoms with van der Waals surface area (Å²) in [5, 5.41) is 15.2. The monoisotopic (exact) mass is 379 g/mol. The van der Waals surface area contributed by atoms with Gasteiger partial charge in [0.25, 0.3) is 5.89 Å². The molecule has 0 saturated carbocycles. The van der Waals surface area contributed by atoms with E-state index in [-0.39, 0.29) is 12.3 Å². The summed E-state index contributed by atoms with van der Waals surface area (Å²) in [6.45, 7) is 3.09. The van der Waals surface area contributed by atoms with Crippen LogP contribution in [0.25, 0.3) is 22.6 Å². The van der Waals surface area contributed by atoms with Gasteiger partial charge in [0, 0.05) is 33.0 Å². The van der Waals surface area contributed by atoms with E-state index in [1.165, 1.54) is 0 Å². The minimum atomic E-state index is -0.0550. The molecule has 9 nitrogen and oxygen atoms in total. The van der Waals surface area contributed by atoms with Crippen LogP contribution in [0.1, 0.15) is 18.0 Å². The standard InChI is InChI=1S/C19H21N7O2/c1-13-11-16(25(2)24-13)19-23-22-18(28-19)8-7-17(27)20-9-10-26-12-21-14-5-3-4-6-15(14)26/h3-6,11-12H,7-10H2,1-2H3,(H,20,27). The molecule has 0 aliphatic rings.